The molecule has 1 saturated heterocycles. The van der Waals surface area contributed by atoms with E-state index >= 15 is 0 Å². The van der Waals surface area contributed by atoms with Gasteiger partial charge in [-0.2, -0.15) is 0 Å². The Hall–Kier alpha value is -1.78. The molecule has 0 N–H and O–H groups in total. The van der Waals surface area contributed by atoms with E-state index < -0.39 is 0 Å². The van der Waals surface area contributed by atoms with E-state index in [2.05, 4.69) is 48.1 Å². The zero-order chi connectivity index (χ0) is 23.8. The van der Waals surface area contributed by atoms with Crippen LogP contribution in [0.5, 0.6) is 0 Å². The van der Waals surface area contributed by atoms with Crippen molar-refractivity contribution in [1.29, 1.82) is 0 Å². The number of rotatable bonds is 16. The minimum Gasteiger partial charge on any atom is -0.353 e. The van der Waals surface area contributed by atoms with Crippen molar-refractivity contribution in [2.24, 2.45) is 0 Å². The highest BCUT2D eigenvalue weighted by Crippen LogP contribution is 2.21. The average Bonchev–Trinajstić information content (AvgIpc) is 2.87. The molecule has 4 heteroatoms. The molecule has 0 bridgehead atoms. The van der Waals surface area contributed by atoms with Gasteiger partial charge in [-0.05, 0) is 63.0 Å². The van der Waals surface area contributed by atoms with Gasteiger partial charge in [0, 0.05) is 31.0 Å². The molecule has 3 rings (SSSR count). The van der Waals surface area contributed by atoms with Crippen LogP contribution in [0.25, 0.3) is 11.1 Å². The predicted molar refractivity (Wildman–Crippen MR) is 141 cm³/mol. The van der Waals surface area contributed by atoms with Gasteiger partial charge in [0.1, 0.15) is 5.82 Å². The molecule has 1 fully saturated rings. The van der Waals surface area contributed by atoms with Gasteiger partial charge < -0.3 is 9.47 Å². The van der Waals surface area contributed by atoms with Crippen molar-refractivity contribution in [1.82, 2.24) is 9.97 Å². The first-order valence-electron chi connectivity index (χ1n) is 13.9. The van der Waals surface area contributed by atoms with E-state index in [1.165, 1.54) is 75.3 Å². The predicted octanol–water partition coefficient (Wildman–Crippen LogP) is 8.08. The lowest BCUT2D eigenvalue weighted by Gasteiger charge is -2.26. The third-order valence-corrected chi connectivity index (χ3v) is 6.84. The average molecular weight is 467 g/mol. The van der Waals surface area contributed by atoms with E-state index in [0.717, 1.165) is 50.1 Å². The lowest BCUT2D eigenvalue weighted by atomic mass is 10.0. The molecule has 0 amide bonds. The summed E-state index contributed by atoms with van der Waals surface area (Å²) in [6.07, 6.45) is 22.6. The van der Waals surface area contributed by atoms with Gasteiger partial charge in [0.25, 0.3) is 0 Å². The van der Waals surface area contributed by atoms with Crippen molar-refractivity contribution in [2.75, 3.05) is 6.61 Å². The van der Waals surface area contributed by atoms with Gasteiger partial charge in [0.2, 0.25) is 0 Å². The fraction of sp³-hybridized carbons (Fsp3) is 0.667. The van der Waals surface area contributed by atoms with Gasteiger partial charge in [-0.25, -0.2) is 9.97 Å². The molecule has 2 aromatic rings. The lowest BCUT2D eigenvalue weighted by Crippen LogP contribution is -2.26. The lowest BCUT2D eigenvalue weighted by molar-refractivity contribution is -0.185. The monoisotopic (exact) mass is 466 g/mol. The molecule has 4 nitrogen and oxygen atoms in total. The van der Waals surface area contributed by atoms with Crippen molar-refractivity contribution < 1.29 is 9.47 Å². The molecular formula is C30H46N2O2. The molecule has 0 aliphatic carbocycles. The second kappa shape index (κ2) is 16.0. The molecule has 34 heavy (non-hydrogen) atoms. The Morgan fingerprint density at radius 3 is 2.24 bits per heavy atom. The zero-order valence-electron chi connectivity index (χ0n) is 21.6. The van der Waals surface area contributed by atoms with E-state index in [-0.39, 0.29) is 12.4 Å². The van der Waals surface area contributed by atoms with Crippen LogP contribution in [0.3, 0.4) is 0 Å². The summed E-state index contributed by atoms with van der Waals surface area (Å²) in [5.41, 5.74) is 3.72. The van der Waals surface area contributed by atoms with Crippen LogP contribution in [-0.4, -0.2) is 29.0 Å². The minimum absolute atomic E-state index is 0.00834. The highest BCUT2D eigenvalue weighted by Gasteiger charge is 2.17. The summed E-state index contributed by atoms with van der Waals surface area (Å²) >= 11 is 0. The maximum Gasteiger partial charge on any atom is 0.157 e. The first kappa shape index (κ1) is 26.8. The van der Waals surface area contributed by atoms with Crippen LogP contribution in [0.2, 0.25) is 0 Å². The van der Waals surface area contributed by atoms with Gasteiger partial charge >= 0.3 is 0 Å². The van der Waals surface area contributed by atoms with E-state index in [9.17, 15) is 0 Å². The fourth-order valence-corrected chi connectivity index (χ4v) is 4.65. The largest absolute Gasteiger partial charge is 0.353 e. The number of aromatic nitrogens is 2. The summed E-state index contributed by atoms with van der Waals surface area (Å²) in [6, 6.07) is 8.96. The number of aryl methyl sites for hydroxylation is 2. The number of ether oxygens (including phenoxy) is 2. The minimum atomic E-state index is -0.00834. The van der Waals surface area contributed by atoms with Crippen LogP contribution in [0.1, 0.15) is 109 Å². The van der Waals surface area contributed by atoms with Gasteiger partial charge in [-0.3, -0.25) is 0 Å². The van der Waals surface area contributed by atoms with Crippen LogP contribution in [0, 0.1) is 0 Å². The Kier molecular flexibility index (Phi) is 12.6. The van der Waals surface area contributed by atoms with Crippen molar-refractivity contribution in [3.05, 3.63) is 48.0 Å². The Morgan fingerprint density at radius 2 is 1.56 bits per heavy atom. The summed E-state index contributed by atoms with van der Waals surface area (Å²) in [4.78, 5) is 9.22. The molecule has 1 aliphatic rings. The highest BCUT2D eigenvalue weighted by molar-refractivity contribution is 5.61. The maximum absolute atomic E-state index is 6.01. The topological polar surface area (TPSA) is 44.2 Å². The first-order chi connectivity index (χ1) is 16.7. The van der Waals surface area contributed by atoms with Gasteiger partial charge in [0.15, 0.2) is 6.29 Å². The number of hydrogen-bond donors (Lipinski definition) is 0. The Balaban J connectivity index is 1.32. The summed E-state index contributed by atoms with van der Waals surface area (Å²) in [6.45, 7) is 5.25. The molecule has 2 heterocycles. The quantitative estimate of drug-likeness (QED) is 0.235. The molecule has 1 aromatic heterocycles. The van der Waals surface area contributed by atoms with Gasteiger partial charge in [-0.1, -0.05) is 76.1 Å². The van der Waals surface area contributed by atoms with E-state index in [1.807, 2.05) is 12.4 Å². The van der Waals surface area contributed by atoms with Gasteiger partial charge in [0.05, 0.1) is 6.10 Å². The molecule has 2 atom stereocenters. The molecule has 1 aromatic carbocycles. The van der Waals surface area contributed by atoms with E-state index in [4.69, 9.17) is 9.47 Å². The maximum atomic E-state index is 6.01. The third-order valence-electron chi connectivity index (χ3n) is 6.84. The smallest absolute Gasteiger partial charge is 0.157 e. The SMILES string of the molecule is CCCCCCCCCCc1ccc(-c2cnc(CCCC(C)OC3CCCCO3)nc2)cc1. The fourth-order valence-electron chi connectivity index (χ4n) is 4.65. The Labute approximate surface area is 207 Å². The number of hydrogen-bond acceptors (Lipinski definition) is 4. The molecule has 1 aliphatic heterocycles. The Morgan fingerprint density at radius 1 is 0.853 bits per heavy atom. The van der Waals surface area contributed by atoms with Crippen molar-refractivity contribution >= 4 is 0 Å². The highest BCUT2D eigenvalue weighted by atomic mass is 16.7. The molecule has 0 spiro atoms. The van der Waals surface area contributed by atoms with Crippen molar-refractivity contribution in [3.8, 4) is 11.1 Å². The van der Waals surface area contributed by atoms with Crippen molar-refractivity contribution in [2.45, 2.75) is 123 Å². The van der Waals surface area contributed by atoms with Crippen molar-refractivity contribution in [3.63, 3.8) is 0 Å². The first-order valence-corrected chi connectivity index (χ1v) is 13.9. The summed E-state index contributed by atoms with van der Waals surface area (Å²) < 4.78 is 11.7. The molecule has 188 valence electrons. The summed E-state index contributed by atoms with van der Waals surface area (Å²) in [7, 11) is 0. The van der Waals surface area contributed by atoms with E-state index in [1.54, 1.807) is 0 Å². The summed E-state index contributed by atoms with van der Waals surface area (Å²) in [5, 5.41) is 0. The number of unbranched alkanes of at least 4 members (excludes halogenated alkanes) is 7. The summed E-state index contributed by atoms with van der Waals surface area (Å²) in [5.74, 6) is 0.913. The standard InChI is InChI=1S/C30H46N2O2/c1-3-4-5-6-7-8-9-10-15-26-18-20-27(21-19-26)28-23-31-29(32-24-28)16-13-14-25(2)34-30-17-11-12-22-33-30/h18-21,23-25,30H,3-17,22H2,1-2H3. The molecular weight excluding hydrogens is 420 g/mol. The van der Waals surface area contributed by atoms with E-state index in [0.29, 0.717) is 0 Å². The zero-order valence-corrected chi connectivity index (χ0v) is 21.6. The Bertz CT molecular complexity index is 769. The normalized spacial score (nSPS) is 17.1. The van der Waals surface area contributed by atoms with Crippen LogP contribution in [0.4, 0.5) is 0 Å². The molecule has 0 saturated carbocycles. The number of benzene rings is 1. The van der Waals surface area contributed by atoms with Crippen LogP contribution in [0.15, 0.2) is 36.7 Å². The van der Waals surface area contributed by atoms with Crippen LogP contribution >= 0.6 is 0 Å². The van der Waals surface area contributed by atoms with Crippen LogP contribution in [-0.2, 0) is 22.3 Å². The third kappa shape index (κ3) is 10.2. The van der Waals surface area contributed by atoms with Gasteiger partial charge in [-0.15, -0.1) is 0 Å². The van der Waals surface area contributed by atoms with Crippen LogP contribution < -0.4 is 0 Å². The second-order valence-corrected chi connectivity index (χ2v) is 9.94. The number of nitrogens with zero attached hydrogens (tertiary/aromatic N) is 2. The molecule has 0 radical (unpaired) electrons. The second-order valence-electron chi connectivity index (χ2n) is 9.94. The molecule has 2 unspecified atom stereocenters.